The molecule has 5 heteroatoms. The predicted molar refractivity (Wildman–Crippen MR) is 89.7 cm³/mol. The van der Waals surface area contributed by atoms with Crippen LogP contribution in [-0.2, 0) is 6.42 Å². The van der Waals surface area contributed by atoms with E-state index in [4.69, 9.17) is 9.47 Å². The fourth-order valence-corrected chi connectivity index (χ4v) is 2.61. The molecule has 0 radical (unpaired) electrons. The number of nitrogens with one attached hydrogen (secondary N) is 1. The molecule has 0 aromatic heterocycles. The van der Waals surface area contributed by atoms with E-state index >= 15 is 0 Å². The zero-order chi connectivity index (χ0) is 15.9. The summed E-state index contributed by atoms with van der Waals surface area (Å²) in [7, 11) is 3.24. The number of methoxy groups -OCH3 is 2. The standard InChI is InChI=1S/C17H18BrNO3/c1-21-15-11-14(18)16(22-2)10-13(15)8-9-19-17(20)12-6-4-3-5-7-12/h3-7,10-11H,8-9H2,1-2H3,(H,19,20). The van der Waals surface area contributed by atoms with Crippen molar-refractivity contribution >= 4 is 21.8 Å². The molecule has 4 nitrogen and oxygen atoms in total. The lowest BCUT2D eigenvalue weighted by Gasteiger charge is -2.12. The highest BCUT2D eigenvalue weighted by Gasteiger charge is 2.10. The summed E-state index contributed by atoms with van der Waals surface area (Å²) in [4.78, 5) is 12.0. The molecule has 1 amide bonds. The normalized spacial score (nSPS) is 10.1. The molecular formula is C17H18BrNO3. The van der Waals surface area contributed by atoms with Gasteiger partial charge in [0, 0.05) is 12.1 Å². The highest BCUT2D eigenvalue weighted by atomic mass is 79.9. The number of hydrogen-bond acceptors (Lipinski definition) is 3. The molecule has 1 N–H and O–H groups in total. The molecule has 0 aliphatic rings. The topological polar surface area (TPSA) is 47.6 Å². The summed E-state index contributed by atoms with van der Waals surface area (Å²) < 4.78 is 11.5. The van der Waals surface area contributed by atoms with Crippen LogP contribution in [-0.4, -0.2) is 26.7 Å². The molecule has 0 saturated carbocycles. The molecule has 22 heavy (non-hydrogen) atoms. The Morgan fingerprint density at radius 2 is 1.77 bits per heavy atom. The van der Waals surface area contributed by atoms with Crippen molar-refractivity contribution in [1.29, 1.82) is 0 Å². The lowest BCUT2D eigenvalue weighted by atomic mass is 10.1. The molecule has 0 fully saturated rings. The SMILES string of the molecule is COc1cc(CCNC(=O)c2ccccc2)c(OC)cc1Br. The van der Waals surface area contributed by atoms with Gasteiger partial charge in [0.05, 0.1) is 18.7 Å². The van der Waals surface area contributed by atoms with Crippen molar-refractivity contribution in [2.75, 3.05) is 20.8 Å². The molecule has 0 aliphatic carbocycles. The van der Waals surface area contributed by atoms with Crippen molar-refractivity contribution < 1.29 is 14.3 Å². The van der Waals surface area contributed by atoms with Gasteiger partial charge in [0.2, 0.25) is 0 Å². The third-order valence-electron chi connectivity index (χ3n) is 3.27. The van der Waals surface area contributed by atoms with Gasteiger partial charge in [-0.2, -0.15) is 0 Å². The van der Waals surface area contributed by atoms with E-state index in [1.165, 1.54) is 0 Å². The van der Waals surface area contributed by atoms with Gasteiger partial charge in [0.1, 0.15) is 11.5 Å². The minimum atomic E-state index is -0.0800. The molecule has 0 spiro atoms. The molecule has 2 rings (SSSR count). The Kier molecular flexibility index (Phi) is 5.83. The van der Waals surface area contributed by atoms with Gasteiger partial charge in [-0.1, -0.05) is 18.2 Å². The van der Waals surface area contributed by atoms with Crippen LogP contribution in [0.1, 0.15) is 15.9 Å². The molecule has 0 aliphatic heterocycles. The van der Waals surface area contributed by atoms with Crippen LogP contribution in [0, 0.1) is 0 Å². The summed E-state index contributed by atoms with van der Waals surface area (Å²) in [6, 6.07) is 12.9. The molecular weight excluding hydrogens is 346 g/mol. The average Bonchev–Trinajstić information content (AvgIpc) is 2.56. The highest BCUT2D eigenvalue weighted by molar-refractivity contribution is 9.10. The van der Waals surface area contributed by atoms with Gasteiger partial charge in [0.25, 0.3) is 5.91 Å². The van der Waals surface area contributed by atoms with Crippen molar-refractivity contribution in [3.63, 3.8) is 0 Å². The van der Waals surface area contributed by atoms with Crippen LogP contribution in [0.2, 0.25) is 0 Å². The zero-order valence-corrected chi connectivity index (χ0v) is 14.1. The summed E-state index contributed by atoms with van der Waals surface area (Å²) in [5, 5.41) is 2.90. The van der Waals surface area contributed by atoms with Crippen molar-refractivity contribution in [2.45, 2.75) is 6.42 Å². The molecule has 0 unspecified atom stereocenters. The van der Waals surface area contributed by atoms with E-state index in [1.54, 1.807) is 26.4 Å². The third-order valence-corrected chi connectivity index (χ3v) is 3.89. The van der Waals surface area contributed by atoms with Crippen LogP contribution in [0.25, 0.3) is 0 Å². The van der Waals surface area contributed by atoms with Gasteiger partial charge in [-0.25, -0.2) is 0 Å². The highest BCUT2D eigenvalue weighted by Crippen LogP contribution is 2.32. The summed E-state index contributed by atoms with van der Waals surface area (Å²) in [6.07, 6.45) is 0.658. The van der Waals surface area contributed by atoms with Gasteiger partial charge in [-0.15, -0.1) is 0 Å². The number of carbonyl (C=O) groups is 1. The van der Waals surface area contributed by atoms with Crippen molar-refractivity contribution in [1.82, 2.24) is 5.32 Å². The summed E-state index contributed by atoms with van der Waals surface area (Å²) in [5.41, 5.74) is 1.64. The number of rotatable bonds is 6. The van der Waals surface area contributed by atoms with E-state index in [0.717, 1.165) is 21.5 Å². The number of ether oxygens (including phenoxy) is 2. The van der Waals surface area contributed by atoms with Gasteiger partial charge < -0.3 is 14.8 Å². The number of halogens is 1. The maximum atomic E-state index is 12.0. The number of amides is 1. The second-order valence-corrected chi connectivity index (χ2v) is 5.52. The first-order valence-electron chi connectivity index (χ1n) is 6.89. The fourth-order valence-electron chi connectivity index (χ4n) is 2.12. The first kappa shape index (κ1) is 16.4. The third kappa shape index (κ3) is 4.01. The van der Waals surface area contributed by atoms with Crippen LogP contribution in [0.5, 0.6) is 11.5 Å². The van der Waals surface area contributed by atoms with Crippen LogP contribution >= 0.6 is 15.9 Å². The molecule has 116 valence electrons. The van der Waals surface area contributed by atoms with E-state index in [1.807, 2.05) is 30.3 Å². The Labute approximate surface area is 138 Å². The second-order valence-electron chi connectivity index (χ2n) is 4.67. The fraction of sp³-hybridized carbons (Fsp3) is 0.235. The van der Waals surface area contributed by atoms with E-state index in [-0.39, 0.29) is 5.91 Å². The van der Waals surface area contributed by atoms with E-state index in [9.17, 15) is 4.79 Å². The molecule has 0 atom stereocenters. The monoisotopic (exact) mass is 363 g/mol. The molecule has 0 bridgehead atoms. The summed E-state index contributed by atoms with van der Waals surface area (Å²) in [6.45, 7) is 0.523. The van der Waals surface area contributed by atoms with Gasteiger partial charge in [-0.05, 0) is 52.2 Å². The van der Waals surface area contributed by atoms with Crippen LogP contribution in [0.4, 0.5) is 0 Å². The maximum Gasteiger partial charge on any atom is 0.251 e. The average molecular weight is 364 g/mol. The summed E-state index contributed by atoms with van der Waals surface area (Å²) >= 11 is 3.43. The van der Waals surface area contributed by atoms with E-state index < -0.39 is 0 Å². The van der Waals surface area contributed by atoms with Gasteiger partial charge >= 0.3 is 0 Å². The molecule has 0 heterocycles. The minimum Gasteiger partial charge on any atom is -0.496 e. The number of hydrogen-bond donors (Lipinski definition) is 1. The quantitative estimate of drug-likeness (QED) is 0.854. The Hall–Kier alpha value is -2.01. The lowest BCUT2D eigenvalue weighted by molar-refractivity contribution is 0.0954. The van der Waals surface area contributed by atoms with Gasteiger partial charge in [0.15, 0.2) is 0 Å². The van der Waals surface area contributed by atoms with Crippen LogP contribution in [0.15, 0.2) is 46.9 Å². The molecule has 2 aromatic carbocycles. The maximum absolute atomic E-state index is 12.0. The molecule has 2 aromatic rings. The summed E-state index contributed by atoms with van der Waals surface area (Å²) in [5.74, 6) is 1.43. The van der Waals surface area contributed by atoms with Crippen LogP contribution in [0.3, 0.4) is 0 Å². The Balaban J connectivity index is 2.01. The smallest absolute Gasteiger partial charge is 0.251 e. The minimum absolute atomic E-state index is 0.0800. The predicted octanol–water partition coefficient (Wildman–Crippen LogP) is 3.44. The Bertz CT molecular complexity index is 644. The van der Waals surface area contributed by atoms with E-state index in [0.29, 0.717) is 18.5 Å². The largest absolute Gasteiger partial charge is 0.496 e. The second kappa shape index (κ2) is 7.84. The lowest BCUT2D eigenvalue weighted by Crippen LogP contribution is -2.25. The number of benzene rings is 2. The van der Waals surface area contributed by atoms with Crippen molar-refractivity contribution in [2.24, 2.45) is 0 Å². The van der Waals surface area contributed by atoms with E-state index in [2.05, 4.69) is 21.2 Å². The first-order chi connectivity index (χ1) is 10.7. The zero-order valence-electron chi connectivity index (χ0n) is 12.6. The first-order valence-corrected chi connectivity index (χ1v) is 7.68. The molecule has 0 saturated heterocycles. The van der Waals surface area contributed by atoms with Crippen LogP contribution < -0.4 is 14.8 Å². The van der Waals surface area contributed by atoms with Gasteiger partial charge in [-0.3, -0.25) is 4.79 Å². The number of carbonyl (C=O) groups excluding carboxylic acids is 1. The van der Waals surface area contributed by atoms with Crippen molar-refractivity contribution in [3.8, 4) is 11.5 Å². The Morgan fingerprint density at radius 3 is 2.41 bits per heavy atom. The van der Waals surface area contributed by atoms with Crippen molar-refractivity contribution in [3.05, 3.63) is 58.1 Å². The Morgan fingerprint density at radius 1 is 1.09 bits per heavy atom.